The summed E-state index contributed by atoms with van der Waals surface area (Å²) in [6, 6.07) is 36.0. The van der Waals surface area contributed by atoms with E-state index in [1.165, 1.54) is 48.0 Å². The lowest BCUT2D eigenvalue weighted by atomic mass is 9.95. The van der Waals surface area contributed by atoms with Crippen LogP contribution in [0.2, 0.25) is 0 Å². The molecule has 0 aliphatic carbocycles. The number of rotatable bonds is 9. The maximum atomic E-state index is 9.79. The molecule has 0 spiro atoms. The van der Waals surface area contributed by atoms with Crippen LogP contribution in [0.4, 0.5) is 0 Å². The fraction of sp³-hybridized carbons (Fsp3) is 0.0769. The van der Waals surface area contributed by atoms with Gasteiger partial charge in [-0.25, -0.2) is 0 Å². The van der Waals surface area contributed by atoms with Crippen molar-refractivity contribution in [3.05, 3.63) is 159 Å². The van der Waals surface area contributed by atoms with Crippen molar-refractivity contribution < 1.29 is 15.3 Å². The number of thiophene rings is 3. The number of benzene rings is 4. The van der Waals surface area contributed by atoms with Gasteiger partial charge in [0.25, 0.3) is 0 Å². The van der Waals surface area contributed by atoms with Crippen LogP contribution in [-0.2, 0) is 19.3 Å². The Morgan fingerprint density at radius 1 is 0.356 bits per heavy atom. The van der Waals surface area contributed by atoms with Crippen molar-refractivity contribution in [3.8, 4) is 48.6 Å². The van der Waals surface area contributed by atoms with E-state index >= 15 is 0 Å². The average molecular weight is 643 g/mol. The van der Waals surface area contributed by atoms with Crippen LogP contribution >= 0.6 is 34.0 Å². The molecule has 6 heteroatoms. The van der Waals surface area contributed by atoms with Crippen molar-refractivity contribution in [2.45, 2.75) is 19.3 Å². The Morgan fingerprint density at radius 2 is 0.622 bits per heavy atom. The maximum Gasteiger partial charge on any atom is 0.115 e. The molecule has 0 unspecified atom stereocenters. The molecular formula is C39H30O3S3. The van der Waals surface area contributed by atoms with Crippen molar-refractivity contribution >= 4 is 34.0 Å². The van der Waals surface area contributed by atoms with Gasteiger partial charge in [0.1, 0.15) is 17.2 Å². The topological polar surface area (TPSA) is 60.7 Å². The quantitative estimate of drug-likeness (QED) is 0.147. The molecule has 3 nitrogen and oxygen atoms in total. The van der Waals surface area contributed by atoms with Crippen LogP contribution in [-0.4, -0.2) is 15.3 Å². The number of phenolic OH excluding ortho intramolecular Hbond substituents is 3. The van der Waals surface area contributed by atoms with E-state index < -0.39 is 0 Å². The molecule has 3 heterocycles. The number of hydrogen-bond donors (Lipinski definition) is 3. The van der Waals surface area contributed by atoms with Crippen molar-refractivity contribution in [3.63, 3.8) is 0 Å². The van der Waals surface area contributed by atoms with E-state index in [0.29, 0.717) is 0 Å². The van der Waals surface area contributed by atoms with Crippen LogP contribution in [0.3, 0.4) is 0 Å². The van der Waals surface area contributed by atoms with E-state index in [1.807, 2.05) is 36.4 Å². The second-order valence-corrected chi connectivity index (χ2v) is 13.9. The summed E-state index contributed by atoms with van der Waals surface area (Å²) in [6.07, 6.45) is 2.36. The van der Waals surface area contributed by atoms with E-state index in [4.69, 9.17) is 0 Å². The van der Waals surface area contributed by atoms with Crippen LogP contribution in [0, 0.1) is 0 Å². The Kier molecular flexibility index (Phi) is 8.27. The summed E-state index contributed by atoms with van der Waals surface area (Å²) < 4.78 is 0. The SMILES string of the molecule is Oc1ccc(Cc2ccsc2-c2cc(-c3sccc3Cc3ccc(O)cc3)cc(-c3sccc3Cc3ccc(O)cc3)c2)cc1. The van der Waals surface area contributed by atoms with Gasteiger partial charge in [0.05, 0.1) is 0 Å². The summed E-state index contributed by atoms with van der Waals surface area (Å²) in [6.45, 7) is 0. The number of phenols is 3. The van der Waals surface area contributed by atoms with Crippen molar-refractivity contribution in [1.82, 2.24) is 0 Å². The zero-order valence-electron chi connectivity index (χ0n) is 24.3. The van der Waals surface area contributed by atoms with Gasteiger partial charge in [-0.3, -0.25) is 0 Å². The summed E-state index contributed by atoms with van der Waals surface area (Å²) in [7, 11) is 0. The van der Waals surface area contributed by atoms with E-state index in [1.54, 1.807) is 70.4 Å². The van der Waals surface area contributed by atoms with E-state index in [2.05, 4.69) is 52.5 Å². The Hall–Kier alpha value is -4.62. The molecule has 7 aromatic rings. The van der Waals surface area contributed by atoms with Gasteiger partial charge in [-0.1, -0.05) is 36.4 Å². The Labute approximate surface area is 274 Å². The first-order valence-corrected chi connectivity index (χ1v) is 17.3. The van der Waals surface area contributed by atoms with Crippen LogP contribution in [0.5, 0.6) is 17.2 Å². The van der Waals surface area contributed by atoms with Gasteiger partial charge in [-0.2, -0.15) is 0 Å². The third-order valence-electron chi connectivity index (χ3n) is 7.95. The summed E-state index contributed by atoms with van der Waals surface area (Å²) in [5, 5.41) is 35.9. The molecule has 222 valence electrons. The van der Waals surface area contributed by atoms with Crippen LogP contribution in [0.15, 0.2) is 125 Å². The highest BCUT2D eigenvalue weighted by Gasteiger charge is 2.17. The van der Waals surface area contributed by atoms with Crippen LogP contribution < -0.4 is 0 Å². The van der Waals surface area contributed by atoms with Crippen molar-refractivity contribution in [2.24, 2.45) is 0 Å². The normalized spacial score (nSPS) is 11.2. The van der Waals surface area contributed by atoms with Gasteiger partial charge in [0, 0.05) is 14.6 Å². The molecule has 0 amide bonds. The monoisotopic (exact) mass is 642 g/mol. The van der Waals surface area contributed by atoms with E-state index in [-0.39, 0.29) is 17.2 Å². The minimum Gasteiger partial charge on any atom is -0.508 e. The molecule has 4 aromatic carbocycles. The Bertz CT molecular complexity index is 1800. The zero-order chi connectivity index (χ0) is 30.8. The number of hydrogen-bond acceptors (Lipinski definition) is 6. The molecule has 0 saturated heterocycles. The Morgan fingerprint density at radius 3 is 0.889 bits per heavy atom. The van der Waals surface area contributed by atoms with Gasteiger partial charge in [-0.05, 0) is 158 Å². The molecule has 0 radical (unpaired) electrons. The first-order chi connectivity index (χ1) is 22.0. The highest BCUT2D eigenvalue weighted by Crippen LogP contribution is 2.42. The lowest BCUT2D eigenvalue weighted by Gasteiger charge is -2.13. The molecule has 0 atom stereocenters. The summed E-state index contributed by atoms with van der Waals surface area (Å²) in [4.78, 5) is 3.75. The summed E-state index contributed by atoms with van der Waals surface area (Å²) >= 11 is 5.29. The largest absolute Gasteiger partial charge is 0.508 e. The fourth-order valence-corrected chi connectivity index (χ4v) is 8.45. The minimum atomic E-state index is 0.278. The van der Waals surface area contributed by atoms with Gasteiger partial charge in [-0.15, -0.1) is 34.0 Å². The molecule has 0 fully saturated rings. The van der Waals surface area contributed by atoms with E-state index in [0.717, 1.165) is 36.0 Å². The van der Waals surface area contributed by atoms with Crippen molar-refractivity contribution in [2.75, 3.05) is 0 Å². The second kappa shape index (κ2) is 12.8. The highest BCUT2D eigenvalue weighted by molar-refractivity contribution is 7.14. The van der Waals surface area contributed by atoms with Gasteiger partial charge >= 0.3 is 0 Å². The minimum absolute atomic E-state index is 0.278. The predicted molar refractivity (Wildman–Crippen MR) is 189 cm³/mol. The van der Waals surface area contributed by atoms with Crippen molar-refractivity contribution in [1.29, 1.82) is 0 Å². The predicted octanol–water partition coefficient (Wildman–Crippen LogP) is 10.8. The third-order valence-corrected chi connectivity index (χ3v) is 11.0. The van der Waals surface area contributed by atoms with Gasteiger partial charge in [0.15, 0.2) is 0 Å². The first kappa shape index (κ1) is 29.1. The Balaban J connectivity index is 1.32. The van der Waals surface area contributed by atoms with E-state index in [9.17, 15) is 15.3 Å². The molecule has 3 aromatic heterocycles. The summed E-state index contributed by atoms with van der Waals surface area (Å²) in [5.41, 5.74) is 10.9. The summed E-state index contributed by atoms with van der Waals surface area (Å²) in [5.74, 6) is 0.833. The fourth-order valence-electron chi connectivity index (χ4n) is 5.71. The lowest BCUT2D eigenvalue weighted by molar-refractivity contribution is 0.474. The lowest BCUT2D eigenvalue weighted by Crippen LogP contribution is -1.92. The molecule has 0 aliphatic rings. The molecule has 0 aliphatic heterocycles. The van der Waals surface area contributed by atoms with Crippen LogP contribution in [0.1, 0.15) is 33.4 Å². The molecule has 0 bridgehead atoms. The maximum absolute atomic E-state index is 9.79. The molecule has 0 saturated carbocycles. The highest BCUT2D eigenvalue weighted by atomic mass is 32.1. The standard InChI is InChI=1S/C39H30O3S3/c40-34-7-1-25(2-8-34)19-28-13-16-43-37(28)31-22-32(38-29(14-17-44-38)20-26-3-9-35(41)10-4-26)24-33(23-31)39-30(15-18-45-39)21-27-5-11-36(42)12-6-27/h1-18,22-24,40-42H,19-21H2. The molecular weight excluding hydrogens is 613 g/mol. The average Bonchev–Trinajstić information content (AvgIpc) is 3.82. The smallest absolute Gasteiger partial charge is 0.115 e. The third kappa shape index (κ3) is 6.59. The second-order valence-electron chi connectivity index (χ2n) is 11.2. The molecule has 3 N–H and O–H groups in total. The van der Waals surface area contributed by atoms with Gasteiger partial charge in [0.2, 0.25) is 0 Å². The number of aromatic hydroxyl groups is 3. The van der Waals surface area contributed by atoms with Gasteiger partial charge < -0.3 is 15.3 Å². The first-order valence-electron chi connectivity index (χ1n) is 14.7. The molecule has 7 rings (SSSR count). The van der Waals surface area contributed by atoms with Crippen LogP contribution in [0.25, 0.3) is 31.3 Å². The molecule has 45 heavy (non-hydrogen) atoms. The zero-order valence-corrected chi connectivity index (χ0v) is 26.8.